The molecule has 3 rings (SSSR count). The molecule has 0 aliphatic rings. The minimum atomic E-state index is -0.896. The topological polar surface area (TPSA) is 72.8 Å². The van der Waals surface area contributed by atoms with Crippen LogP contribution >= 0.6 is 0 Å². The van der Waals surface area contributed by atoms with E-state index in [-0.39, 0.29) is 12.8 Å². The predicted octanol–water partition coefficient (Wildman–Crippen LogP) is 5.37. The lowest BCUT2D eigenvalue weighted by Gasteiger charge is -2.22. The van der Waals surface area contributed by atoms with Crippen molar-refractivity contribution < 1.29 is 24.2 Å². The molecule has 0 fully saturated rings. The maximum atomic E-state index is 11.6. The molecule has 0 heterocycles. The SMILES string of the molecule is Cc1ccccc1C(CCC(=O)O)Oc1cc(OCc2ccccc2)ccc1C=O. The quantitative estimate of drug-likeness (QED) is 0.460. The summed E-state index contributed by atoms with van der Waals surface area (Å²) < 4.78 is 12.0. The van der Waals surface area contributed by atoms with Gasteiger partial charge in [-0.3, -0.25) is 9.59 Å². The third-order valence-corrected chi connectivity index (χ3v) is 4.79. The zero-order chi connectivity index (χ0) is 21.3. The van der Waals surface area contributed by atoms with Crippen LogP contribution in [0.3, 0.4) is 0 Å². The average molecular weight is 404 g/mol. The minimum absolute atomic E-state index is 0.0420. The Labute approximate surface area is 175 Å². The molecule has 0 bridgehead atoms. The van der Waals surface area contributed by atoms with Crippen molar-refractivity contribution in [2.45, 2.75) is 32.5 Å². The Balaban J connectivity index is 1.84. The summed E-state index contributed by atoms with van der Waals surface area (Å²) in [5.74, 6) is 0.0446. The Bertz CT molecular complexity index is 997. The maximum absolute atomic E-state index is 11.6. The highest BCUT2D eigenvalue weighted by Crippen LogP contribution is 2.32. The molecule has 5 nitrogen and oxygen atoms in total. The first-order valence-corrected chi connectivity index (χ1v) is 9.76. The van der Waals surface area contributed by atoms with Gasteiger partial charge in [0.05, 0.1) is 5.56 Å². The molecule has 0 amide bonds. The highest BCUT2D eigenvalue weighted by Gasteiger charge is 2.19. The molecule has 0 aliphatic carbocycles. The Kier molecular flexibility index (Phi) is 7.22. The molecule has 0 radical (unpaired) electrons. The van der Waals surface area contributed by atoms with Crippen molar-refractivity contribution in [1.29, 1.82) is 0 Å². The highest BCUT2D eigenvalue weighted by molar-refractivity contribution is 5.79. The second kappa shape index (κ2) is 10.3. The fourth-order valence-electron chi connectivity index (χ4n) is 3.18. The van der Waals surface area contributed by atoms with E-state index in [1.54, 1.807) is 18.2 Å². The first kappa shape index (κ1) is 21.1. The Morgan fingerprint density at radius 3 is 2.47 bits per heavy atom. The van der Waals surface area contributed by atoms with E-state index in [0.717, 1.165) is 23.0 Å². The van der Waals surface area contributed by atoms with Crippen LogP contribution in [0.1, 0.15) is 46.0 Å². The molecular weight excluding hydrogens is 380 g/mol. The van der Waals surface area contributed by atoms with Crippen molar-refractivity contribution in [3.63, 3.8) is 0 Å². The van der Waals surface area contributed by atoms with Crippen molar-refractivity contribution >= 4 is 12.3 Å². The van der Waals surface area contributed by atoms with Gasteiger partial charge in [0.15, 0.2) is 6.29 Å². The molecule has 0 saturated carbocycles. The van der Waals surface area contributed by atoms with Crippen molar-refractivity contribution in [1.82, 2.24) is 0 Å². The highest BCUT2D eigenvalue weighted by atomic mass is 16.5. The van der Waals surface area contributed by atoms with Crippen LogP contribution in [-0.4, -0.2) is 17.4 Å². The summed E-state index contributed by atoms with van der Waals surface area (Å²) >= 11 is 0. The number of benzene rings is 3. The van der Waals surface area contributed by atoms with Gasteiger partial charge >= 0.3 is 5.97 Å². The lowest BCUT2D eigenvalue weighted by molar-refractivity contribution is -0.137. The van der Waals surface area contributed by atoms with Crippen LogP contribution in [0.5, 0.6) is 11.5 Å². The molecule has 3 aromatic carbocycles. The van der Waals surface area contributed by atoms with Crippen LogP contribution < -0.4 is 9.47 Å². The molecule has 0 aromatic heterocycles. The standard InChI is InChI=1S/C25H24O5/c1-18-7-5-6-10-22(18)23(13-14-25(27)28)30-24-15-21(12-11-20(24)16-26)29-17-19-8-3-2-4-9-19/h2-12,15-16,23H,13-14,17H2,1H3,(H,27,28). The number of carboxylic acids is 1. The molecule has 5 heteroatoms. The van der Waals surface area contributed by atoms with Crippen LogP contribution in [0.25, 0.3) is 0 Å². The van der Waals surface area contributed by atoms with Gasteiger partial charge in [-0.25, -0.2) is 0 Å². The van der Waals surface area contributed by atoms with Gasteiger partial charge in [-0.2, -0.15) is 0 Å². The van der Waals surface area contributed by atoms with Gasteiger partial charge in [-0.15, -0.1) is 0 Å². The summed E-state index contributed by atoms with van der Waals surface area (Å²) in [6.45, 7) is 2.34. The fourth-order valence-corrected chi connectivity index (χ4v) is 3.18. The van der Waals surface area contributed by atoms with E-state index in [4.69, 9.17) is 14.6 Å². The van der Waals surface area contributed by atoms with E-state index in [9.17, 15) is 9.59 Å². The van der Waals surface area contributed by atoms with E-state index in [0.29, 0.717) is 23.7 Å². The van der Waals surface area contributed by atoms with Gasteiger partial charge in [0.25, 0.3) is 0 Å². The van der Waals surface area contributed by atoms with Crippen LogP contribution in [0, 0.1) is 6.92 Å². The minimum Gasteiger partial charge on any atom is -0.489 e. The molecule has 1 N–H and O–H groups in total. The Hall–Kier alpha value is -3.60. The molecule has 30 heavy (non-hydrogen) atoms. The van der Waals surface area contributed by atoms with Gasteiger partial charge < -0.3 is 14.6 Å². The Morgan fingerprint density at radius 2 is 1.77 bits per heavy atom. The molecule has 0 aliphatic heterocycles. The maximum Gasteiger partial charge on any atom is 0.303 e. The number of carbonyl (C=O) groups is 2. The van der Waals surface area contributed by atoms with E-state index in [1.165, 1.54) is 0 Å². The second-order valence-electron chi connectivity index (χ2n) is 6.99. The summed E-state index contributed by atoms with van der Waals surface area (Å²) in [4.78, 5) is 22.7. The lowest BCUT2D eigenvalue weighted by atomic mass is 9.99. The van der Waals surface area contributed by atoms with Gasteiger partial charge in [0.1, 0.15) is 24.2 Å². The van der Waals surface area contributed by atoms with Crippen LogP contribution in [-0.2, 0) is 11.4 Å². The molecule has 1 unspecified atom stereocenters. The molecule has 0 spiro atoms. The molecular formula is C25H24O5. The number of ether oxygens (including phenoxy) is 2. The summed E-state index contributed by atoms with van der Waals surface area (Å²) in [5.41, 5.74) is 3.30. The van der Waals surface area contributed by atoms with Gasteiger partial charge in [-0.1, -0.05) is 54.6 Å². The summed E-state index contributed by atoms with van der Waals surface area (Å²) in [5, 5.41) is 9.14. The van der Waals surface area contributed by atoms with E-state index in [2.05, 4.69) is 0 Å². The second-order valence-corrected chi connectivity index (χ2v) is 6.99. The monoisotopic (exact) mass is 404 g/mol. The van der Waals surface area contributed by atoms with E-state index in [1.807, 2.05) is 61.5 Å². The Morgan fingerprint density at radius 1 is 1.03 bits per heavy atom. The molecule has 154 valence electrons. The number of hydrogen-bond acceptors (Lipinski definition) is 4. The summed E-state index contributed by atoms with van der Waals surface area (Å²) in [6, 6.07) is 22.5. The average Bonchev–Trinajstić information content (AvgIpc) is 2.76. The first-order valence-electron chi connectivity index (χ1n) is 9.76. The predicted molar refractivity (Wildman–Crippen MR) is 114 cm³/mol. The summed E-state index contributed by atoms with van der Waals surface area (Å²) in [7, 11) is 0. The van der Waals surface area contributed by atoms with Crippen molar-refractivity contribution in [2.24, 2.45) is 0 Å². The number of rotatable bonds is 10. The van der Waals surface area contributed by atoms with Crippen molar-refractivity contribution in [3.8, 4) is 11.5 Å². The molecule has 3 aromatic rings. The number of carbonyl (C=O) groups excluding carboxylic acids is 1. The van der Waals surface area contributed by atoms with E-state index >= 15 is 0 Å². The summed E-state index contributed by atoms with van der Waals surface area (Å²) in [6.07, 6.45) is 0.473. The van der Waals surface area contributed by atoms with Gasteiger partial charge in [0, 0.05) is 12.5 Å². The van der Waals surface area contributed by atoms with Gasteiger partial charge in [-0.05, 0) is 42.2 Å². The zero-order valence-corrected chi connectivity index (χ0v) is 16.8. The molecule has 0 saturated heterocycles. The zero-order valence-electron chi connectivity index (χ0n) is 16.8. The van der Waals surface area contributed by atoms with Crippen LogP contribution in [0.2, 0.25) is 0 Å². The number of carboxylic acid groups (broad SMARTS) is 1. The van der Waals surface area contributed by atoms with E-state index < -0.39 is 12.1 Å². The van der Waals surface area contributed by atoms with Crippen LogP contribution in [0.15, 0.2) is 72.8 Å². The number of aliphatic carboxylic acids is 1. The number of aryl methyl sites for hydroxylation is 1. The smallest absolute Gasteiger partial charge is 0.303 e. The van der Waals surface area contributed by atoms with Crippen molar-refractivity contribution in [2.75, 3.05) is 0 Å². The number of hydrogen-bond donors (Lipinski definition) is 1. The third kappa shape index (κ3) is 5.70. The van der Waals surface area contributed by atoms with Gasteiger partial charge in [0.2, 0.25) is 0 Å². The largest absolute Gasteiger partial charge is 0.489 e. The lowest BCUT2D eigenvalue weighted by Crippen LogP contribution is -2.12. The first-order chi connectivity index (χ1) is 14.6. The number of aldehydes is 1. The third-order valence-electron chi connectivity index (χ3n) is 4.79. The molecule has 1 atom stereocenters. The fraction of sp³-hybridized carbons (Fsp3) is 0.200. The normalized spacial score (nSPS) is 11.5. The van der Waals surface area contributed by atoms with Crippen LogP contribution in [0.4, 0.5) is 0 Å². The van der Waals surface area contributed by atoms with Crippen molar-refractivity contribution in [3.05, 3.63) is 95.1 Å².